The van der Waals surface area contributed by atoms with E-state index < -0.39 is 0 Å². The van der Waals surface area contributed by atoms with E-state index in [9.17, 15) is 5.11 Å². The van der Waals surface area contributed by atoms with Crippen LogP contribution in [0.5, 0.6) is 11.5 Å². The van der Waals surface area contributed by atoms with E-state index >= 15 is 0 Å². The topological polar surface area (TPSA) is 55.2 Å². The van der Waals surface area contributed by atoms with Crippen molar-refractivity contribution in [2.45, 2.75) is 5.75 Å². The molecule has 0 amide bonds. The normalized spacial score (nSPS) is 10.6. The number of ether oxygens (including phenoxy) is 1. The van der Waals surface area contributed by atoms with Crippen LogP contribution in [0.25, 0.3) is 10.6 Å². The molecular formula is C17H16N2O2S2. The van der Waals surface area contributed by atoms with Crippen molar-refractivity contribution in [3.8, 4) is 22.1 Å². The zero-order valence-corrected chi connectivity index (χ0v) is 14.0. The van der Waals surface area contributed by atoms with Gasteiger partial charge in [0.15, 0.2) is 0 Å². The number of phenolic OH excluding ortho intramolecular Hbond substituents is 1. The van der Waals surface area contributed by atoms with Gasteiger partial charge in [0.25, 0.3) is 0 Å². The number of aromatic hydroxyl groups is 1. The van der Waals surface area contributed by atoms with Crippen LogP contribution in [0.2, 0.25) is 0 Å². The van der Waals surface area contributed by atoms with Crippen LogP contribution < -0.4 is 4.74 Å². The molecule has 0 bridgehead atoms. The molecule has 0 aliphatic carbocycles. The Hall–Kier alpha value is -2.05. The van der Waals surface area contributed by atoms with Crippen molar-refractivity contribution < 1.29 is 9.84 Å². The van der Waals surface area contributed by atoms with E-state index in [-0.39, 0.29) is 5.75 Å². The van der Waals surface area contributed by atoms with Gasteiger partial charge >= 0.3 is 0 Å². The summed E-state index contributed by atoms with van der Waals surface area (Å²) >= 11 is 3.36. The predicted molar refractivity (Wildman–Crippen MR) is 95.1 cm³/mol. The standard InChI is InChI=1S/C17H16N2O2S2/c20-14-8-6-13(7-9-14)17-19-18-16(23-17)12-22-11-10-21-15-4-2-1-3-5-15/h1-9,20H,10-12H2. The zero-order chi connectivity index (χ0) is 15.9. The third-order valence-corrected chi connectivity index (χ3v) is 5.13. The van der Waals surface area contributed by atoms with Crippen LogP contribution in [0.4, 0.5) is 0 Å². The SMILES string of the molecule is Oc1ccc(-c2nnc(CSCCOc3ccccc3)s2)cc1. The summed E-state index contributed by atoms with van der Waals surface area (Å²) < 4.78 is 5.65. The molecule has 0 saturated carbocycles. The molecule has 3 aromatic rings. The molecule has 6 heteroatoms. The van der Waals surface area contributed by atoms with Gasteiger partial charge in [0.1, 0.15) is 21.5 Å². The Kier molecular flexibility index (Phi) is 5.50. The van der Waals surface area contributed by atoms with Gasteiger partial charge in [-0.3, -0.25) is 0 Å². The van der Waals surface area contributed by atoms with Gasteiger partial charge in [-0.05, 0) is 36.4 Å². The third kappa shape index (κ3) is 4.71. The molecule has 4 nitrogen and oxygen atoms in total. The van der Waals surface area contributed by atoms with Crippen molar-refractivity contribution in [1.82, 2.24) is 10.2 Å². The highest BCUT2D eigenvalue weighted by Crippen LogP contribution is 2.26. The Morgan fingerprint density at radius 2 is 1.78 bits per heavy atom. The first-order chi connectivity index (χ1) is 11.3. The lowest BCUT2D eigenvalue weighted by molar-refractivity contribution is 0.344. The smallest absolute Gasteiger partial charge is 0.147 e. The van der Waals surface area contributed by atoms with Gasteiger partial charge in [0.2, 0.25) is 0 Å². The van der Waals surface area contributed by atoms with Gasteiger partial charge in [-0.2, -0.15) is 11.8 Å². The number of aromatic nitrogens is 2. The van der Waals surface area contributed by atoms with Crippen molar-refractivity contribution in [3.63, 3.8) is 0 Å². The molecule has 118 valence electrons. The second-order valence-electron chi connectivity index (χ2n) is 4.76. The Balaban J connectivity index is 1.43. The van der Waals surface area contributed by atoms with Gasteiger partial charge in [-0.15, -0.1) is 10.2 Å². The summed E-state index contributed by atoms with van der Waals surface area (Å²) in [7, 11) is 0. The molecular weight excluding hydrogens is 328 g/mol. The van der Waals surface area contributed by atoms with Crippen molar-refractivity contribution >= 4 is 23.1 Å². The van der Waals surface area contributed by atoms with Gasteiger partial charge in [0, 0.05) is 17.1 Å². The van der Waals surface area contributed by atoms with Crippen molar-refractivity contribution in [2.24, 2.45) is 0 Å². The lowest BCUT2D eigenvalue weighted by Gasteiger charge is -2.04. The van der Waals surface area contributed by atoms with E-state index in [1.165, 1.54) is 0 Å². The minimum absolute atomic E-state index is 0.257. The van der Waals surface area contributed by atoms with E-state index in [1.807, 2.05) is 42.5 Å². The Bertz CT molecular complexity index is 730. The molecule has 0 spiro atoms. The van der Waals surface area contributed by atoms with Crippen LogP contribution in [-0.2, 0) is 5.75 Å². The van der Waals surface area contributed by atoms with Gasteiger partial charge in [-0.1, -0.05) is 29.5 Å². The summed E-state index contributed by atoms with van der Waals surface area (Å²) in [5.74, 6) is 2.89. The number of thioether (sulfide) groups is 1. The average molecular weight is 344 g/mol. The molecule has 0 aliphatic rings. The van der Waals surface area contributed by atoms with Crippen LogP contribution in [0.1, 0.15) is 5.01 Å². The molecule has 1 aromatic heterocycles. The van der Waals surface area contributed by atoms with Crippen molar-refractivity contribution in [1.29, 1.82) is 0 Å². The maximum absolute atomic E-state index is 9.31. The highest BCUT2D eigenvalue weighted by atomic mass is 32.2. The average Bonchev–Trinajstić information content (AvgIpc) is 3.05. The van der Waals surface area contributed by atoms with E-state index in [1.54, 1.807) is 35.2 Å². The summed E-state index contributed by atoms with van der Waals surface area (Å²) in [4.78, 5) is 0. The molecule has 0 saturated heterocycles. The molecule has 1 heterocycles. The fourth-order valence-corrected chi connectivity index (χ4v) is 3.63. The second-order valence-corrected chi connectivity index (χ2v) is 6.93. The number of para-hydroxylation sites is 1. The number of phenols is 1. The van der Waals surface area contributed by atoms with Gasteiger partial charge in [-0.25, -0.2) is 0 Å². The maximum Gasteiger partial charge on any atom is 0.147 e. The largest absolute Gasteiger partial charge is 0.508 e. The monoisotopic (exact) mass is 344 g/mol. The van der Waals surface area contributed by atoms with E-state index in [0.717, 1.165) is 32.8 Å². The van der Waals surface area contributed by atoms with Crippen molar-refractivity contribution in [2.75, 3.05) is 12.4 Å². The summed E-state index contributed by atoms with van der Waals surface area (Å²) in [6.07, 6.45) is 0. The molecule has 2 aromatic carbocycles. The summed E-state index contributed by atoms with van der Waals surface area (Å²) in [5, 5.41) is 19.6. The lowest BCUT2D eigenvalue weighted by atomic mass is 10.2. The first kappa shape index (κ1) is 15.8. The predicted octanol–water partition coefficient (Wildman–Crippen LogP) is 4.22. The molecule has 0 unspecified atom stereocenters. The molecule has 0 radical (unpaired) electrons. The third-order valence-electron chi connectivity index (χ3n) is 3.05. The summed E-state index contributed by atoms with van der Waals surface area (Å²) in [6.45, 7) is 0.679. The van der Waals surface area contributed by atoms with Gasteiger partial charge < -0.3 is 9.84 Å². The fraction of sp³-hybridized carbons (Fsp3) is 0.176. The number of nitrogens with zero attached hydrogens (tertiary/aromatic N) is 2. The number of hydrogen-bond donors (Lipinski definition) is 1. The molecule has 0 fully saturated rings. The highest BCUT2D eigenvalue weighted by Gasteiger charge is 2.06. The minimum Gasteiger partial charge on any atom is -0.508 e. The molecule has 0 aliphatic heterocycles. The first-order valence-electron chi connectivity index (χ1n) is 7.18. The molecule has 0 atom stereocenters. The number of hydrogen-bond acceptors (Lipinski definition) is 6. The quantitative estimate of drug-likeness (QED) is 0.650. The Labute approximate surface area is 143 Å². The maximum atomic E-state index is 9.31. The Morgan fingerprint density at radius 1 is 1.00 bits per heavy atom. The van der Waals surface area contributed by atoms with Crippen LogP contribution in [0, 0.1) is 0 Å². The second kappa shape index (κ2) is 7.99. The van der Waals surface area contributed by atoms with Gasteiger partial charge in [0.05, 0.1) is 6.61 Å². The van der Waals surface area contributed by atoms with Crippen LogP contribution in [0.15, 0.2) is 54.6 Å². The first-order valence-corrected chi connectivity index (χ1v) is 9.16. The minimum atomic E-state index is 0.257. The van der Waals surface area contributed by atoms with E-state index in [0.29, 0.717) is 6.61 Å². The van der Waals surface area contributed by atoms with Crippen molar-refractivity contribution in [3.05, 3.63) is 59.6 Å². The van der Waals surface area contributed by atoms with E-state index in [4.69, 9.17) is 4.74 Å². The number of rotatable bonds is 7. The van der Waals surface area contributed by atoms with E-state index in [2.05, 4.69) is 10.2 Å². The van der Waals surface area contributed by atoms with Crippen LogP contribution in [-0.4, -0.2) is 27.7 Å². The molecule has 23 heavy (non-hydrogen) atoms. The highest BCUT2D eigenvalue weighted by molar-refractivity contribution is 7.98. The molecule has 1 N–H and O–H groups in total. The number of benzene rings is 2. The zero-order valence-electron chi connectivity index (χ0n) is 12.4. The fourth-order valence-electron chi connectivity index (χ4n) is 1.93. The van der Waals surface area contributed by atoms with Crippen LogP contribution >= 0.6 is 23.1 Å². The lowest BCUT2D eigenvalue weighted by Crippen LogP contribution is -2.00. The molecule has 3 rings (SSSR count). The van der Waals surface area contributed by atoms with Crippen LogP contribution in [0.3, 0.4) is 0 Å². The summed E-state index contributed by atoms with van der Waals surface area (Å²) in [6, 6.07) is 16.8. The summed E-state index contributed by atoms with van der Waals surface area (Å²) in [5.41, 5.74) is 0.976. The Morgan fingerprint density at radius 3 is 2.57 bits per heavy atom.